The Morgan fingerprint density at radius 1 is 1.22 bits per heavy atom. The molecule has 1 aromatic carbocycles. The van der Waals surface area contributed by atoms with E-state index in [0.29, 0.717) is 24.1 Å². The molecule has 0 radical (unpaired) electrons. The van der Waals surface area contributed by atoms with Crippen LogP contribution in [0, 0.1) is 11.3 Å². The normalized spacial score (nSPS) is 26.8. The summed E-state index contributed by atoms with van der Waals surface area (Å²) in [7, 11) is 0. The maximum atomic E-state index is 12.4. The molecule has 0 saturated carbocycles. The SMILES string of the molecule is CC(C)(C)COc1ccc(C(=O)NC2CN3CCC2CC3)cc1. The lowest BCUT2D eigenvalue weighted by Crippen LogP contribution is -2.57. The molecule has 4 rings (SSSR count). The zero-order valence-corrected chi connectivity index (χ0v) is 14.5. The van der Waals surface area contributed by atoms with Crippen molar-refractivity contribution >= 4 is 5.91 Å². The van der Waals surface area contributed by atoms with Crippen LogP contribution < -0.4 is 10.1 Å². The first-order valence-electron chi connectivity index (χ1n) is 8.67. The van der Waals surface area contributed by atoms with Crippen molar-refractivity contribution in [3.05, 3.63) is 29.8 Å². The monoisotopic (exact) mass is 316 g/mol. The molecule has 0 aromatic heterocycles. The summed E-state index contributed by atoms with van der Waals surface area (Å²) in [4.78, 5) is 14.9. The molecule has 23 heavy (non-hydrogen) atoms. The number of rotatable bonds is 4. The van der Waals surface area contributed by atoms with Crippen LogP contribution in [-0.4, -0.2) is 43.1 Å². The van der Waals surface area contributed by atoms with E-state index >= 15 is 0 Å². The van der Waals surface area contributed by atoms with Crippen molar-refractivity contribution in [1.82, 2.24) is 10.2 Å². The average Bonchev–Trinajstić information content (AvgIpc) is 2.54. The van der Waals surface area contributed by atoms with Crippen molar-refractivity contribution in [2.24, 2.45) is 11.3 Å². The molecule has 3 fully saturated rings. The highest BCUT2D eigenvalue weighted by Crippen LogP contribution is 2.27. The topological polar surface area (TPSA) is 41.6 Å². The summed E-state index contributed by atoms with van der Waals surface area (Å²) in [5.74, 6) is 1.50. The van der Waals surface area contributed by atoms with E-state index in [0.717, 1.165) is 12.3 Å². The number of ether oxygens (including phenoxy) is 1. The van der Waals surface area contributed by atoms with E-state index in [2.05, 4.69) is 31.0 Å². The molecule has 4 nitrogen and oxygen atoms in total. The summed E-state index contributed by atoms with van der Waals surface area (Å²) in [6.07, 6.45) is 2.43. The standard InChI is InChI=1S/C19H28N2O2/c1-19(2,3)13-23-16-6-4-15(5-7-16)18(22)20-17-12-21-10-8-14(17)9-11-21/h4-7,14,17H,8-13H2,1-3H3,(H,20,22). The van der Waals surface area contributed by atoms with Crippen molar-refractivity contribution in [2.75, 3.05) is 26.2 Å². The van der Waals surface area contributed by atoms with Gasteiger partial charge in [-0.05, 0) is 61.5 Å². The van der Waals surface area contributed by atoms with E-state index in [1.807, 2.05) is 24.3 Å². The number of piperidine rings is 3. The molecular weight excluding hydrogens is 288 g/mol. The van der Waals surface area contributed by atoms with Gasteiger partial charge in [-0.25, -0.2) is 0 Å². The summed E-state index contributed by atoms with van der Waals surface area (Å²) < 4.78 is 5.76. The first-order valence-corrected chi connectivity index (χ1v) is 8.67. The fourth-order valence-electron chi connectivity index (χ4n) is 3.38. The number of nitrogens with one attached hydrogen (secondary N) is 1. The van der Waals surface area contributed by atoms with Gasteiger partial charge in [0.1, 0.15) is 5.75 Å². The van der Waals surface area contributed by atoms with Crippen LogP contribution in [0.5, 0.6) is 5.75 Å². The summed E-state index contributed by atoms with van der Waals surface area (Å²) in [6, 6.07) is 7.79. The van der Waals surface area contributed by atoms with Gasteiger partial charge in [-0.2, -0.15) is 0 Å². The number of carbonyl (C=O) groups excluding carboxylic acids is 1. The fourth-order valence-corrected chi connectivity index (χ4v) is 3.38. The van der Waals surface area contributed by atoms with E-state index in [1.54, 1.807) is 0 Å². The zero-order chi connectivity index (χ0) is 16.4. The van der Waals surface area contributed by atoms with Crippen LogP contribution in [-0.2, 0) is 0 Å². The van der Waals surface area contributed by atoms with Crippen molar-refractivity contribution in [3.8, 4) is 5.75 Å². The Morgan fingerprint density at radius 3 is 2.39 bits per heavy atom. The third-order valence-electron chi connectivity index (χ3n) is 4.76. The highest BCUT2D eigenvalue weighted by Gasteiger charge is 2.34. The molecule has 3 aliphatic rings. The van der Waals surface area contributed by atoms with Crippen LogP contribution in [0.2, 0.25) is 0 Å². The highest BCUT2D eigenvalue weighted by atomic mass is 16.5. The molecule has 3 heterocycles. The molecule has 0 aliphatic carbocycles. The maximum absolute atomic E-state index is 12.4. The summed E-state index contributed by atoms with van der Waals surface area (Å²) in [5.41, 5.74) is 0.843. The number of nitrogens with zero attached hydrogens (tertiary/aromatic N) is 1. The minimum Gasteiger partial charge on any atom is -0.493 e. The van der Waals surface area contributed by atoms with Gasteiger partial charge in [-0.3, -0.25) is 4.79 Å². The number of fused-ring (bicyclic) bond motifs is 3. The second-order valence-electron chi connectivity index (χ2n) is 8.09. The molecule has 3 aliphatic heterocycles. The molecule has 1 N–H and O–H groups in total. The number of hydrogen-bond donors (Lipinski definition) is 1. The summed E-state index contributed by atoms with van der Waals surface area (Å²) >= 11 is 0. The van der Waals surface area contributed by atoms with Gasteiger partial charge in [0.25, 0.3) is 5.91 Å². The van der Waals surface area contributed by atoms with Gasteiger partial charge in [-0.15, -0.1) is 0 Å². The number of carbonyl (C=O) groups is 1. The second-order valence-corrected chi connectivity index (χ2v) is 8.09. The zero-order valence-electron chi connectivity index (χ0n) is 14.5. The van der Waals surface area contributed by atoms with Crippen LogP contribution in [0.4, 0.5) is 0 Å². The van der Waals surface area contributed by atoms with E-state index in [1.165, 1.54) is 25.9 Å². The third-order valence-corrected chi connectivity index (χ3v) is 4.76. The van der Waals surface area contributed by atoms with E-state index in [4.69, 9.17) is 4.74 Å². The van der Waals surface area contributed by atoms with E-state index < -0.39 is 0 Å². The van der Waals surface area contributed by atoms with Crippen LogP contribution in [0.25, 0.3) is 0 Å². The predicted molar refractivity (Wildman–Crippen MR) is 91.8 cm³/mol. The molecule has 3 saturated heterocycles. The van der Waals surface area contributed by atoms with Gasteiger partial charge < -0.3 is 15.0 Å². The van der Waals surface area contributed by atoms with Gasteiger partial charge in [0.15, 0.2) is 0 Å². The Kier molecular flexibility index (Phi) is 4.62. The lowest BCUT2D eigenvalue weighted by atomic mass is 9.84. The number of benzene rings is 1. The quantitative estimate of drug-likeness (QED) is 0.928. The van der Waals surface area contributed by atoms with Gasteiger partial charge in [0.2, 0.25) is 0 Å². The average molecular weight is 316 g/mol. The predicted octanol–water partition coefficient (Wildman–Crippen LogP) is 2.94. The van der Waals surface area contributed by atoms with E-state index in [9.17, 15) is 4.79 Å². The minimum absolute atomic E-state index is 0.0334. The first kappa shape index (κ1) is 16.3. The summed E-state index contributed by atoms with van der Waals surface area (Å²) in [5, 5.41) is 3.22. The molecular formula is C19H28N2O2. The highest BCUT2D eigenvalue weighted by molar-refractivity contribution is 5.94. The molecule has 1 aromatic rings. The molecule has 0 spiro atoms. The van der Waals surface area contributed by atoms with Crippen molar-refractivity contribution in [2.45, 2.75) is 39.7 Å². The van der Waals surface area contributed by atoms with E-state index in [-0.39, 0.29) is 11.3 Å². The Bertz CT molecular complexity index is 539. The maximum Gasteiger partial charge on any atom is 0.251 e. The minimum atomic E-state index is 0.0334. The van der Waals surface area contributed by atoms with Crippen molar-refractivity contribution in [3.63, 3.8) is 0 Å². The van der Waals surface area contributed by atoms with Gasteiger partial charge in [0, 0.05) is 18.2 Å². The molecule has 1 unspecified atom stereocenters. The van der Waals surface area contributed by atoms with Gasteiger partial charge in [0.05, 0.1) is 6.61 Å². The Morgan fingerprint density at radius 2 is 1.87 bits per heavy atom. The lowest BCUT2D eigenvalue weighted by molar-refractivity contribution is 0.0620. The van der Waals surface area contributed by atoms with Gasteiger partial charge in [-0.1, -0.05) is 20.8 Å². The molecule has 1 atom stereocenters. The lowest BCUT2D eigenvalue weighted by Gasteiger charge is -2.44. The van der Waals surface area contributed by atoms with Crippen LogP contribution in [0.1, 0.15) is 44.0 Å². The Hall–Kier alpha value is -1.55. The van der Waals surface area contributed by atoms with Crippen molar-refractivity contribution < 1.29 is 9.53 Å². The number of amides is 1. The van der Waals surface area contributed by atoms with Crippen LogP contribution in [0.15, 0.2) is 24.3 Å². The summed E-state index contributed by atoms with van der Waals surface area (Å²) in [6.45, 7) is 10.5. The second kappa shape index (κ2) is 6.52. The van der Waals surface area contributed by atoms with Crippen LogP contribution >= 0.6 is 0 Å². The van der Waals surface area contributed by atoms with Crippen LogP contribution in [0.3, 0.4) is 0 Å². The Balaban J connectivity index is 1.55. The Labute approximate surface area is 139 Å². The molecule has 1 amide bonds. The molecule has 2 bridgehead atoms. The smallest absolute Gasteiger partial charge is 0.251 e. The third kappa shape index (κ3) is 4.25. The largest absolute Gasteiger partial charge is 0.493 e. The molecule has 4 heteroatoms. The number of hydrogen-bond acceptors (Lipinski definition) is 3. The van der Waals surface area contributed by atoms with Crippen molar-refractivity contribution in [1.29, 1.82) is 0 Å². The van der Waals surface area contributed by atoms with Gasteiger partial charge >= 0.3 is 0 Å². The fraction of sp³-hybridized carbons (Fsp3) is 0.632. The first-order chi connectivity index (χ1) is 10.9. The molecule has 126 valence electrons.